The average molecular weight is 588 g/mol. The zero-order chi connectivity index (χ0) is 28.2. The number of halogens is 3. The summed E-state index contributed by atoms with van der Waals surface area (Å²) in [5.41, 5.74) is 7.51. The van der Waals surface area contributed by atoms with Crippen molar-refractivity contribution < 1.29 is 9.59 Å². The van der Waals surface area contributed by atoms with Crippen LogP contribution in [0.25, 0.3) is 22.2 Å². The Bertz CT molecular complexity index is 1770. The first kappa shape index (κ1) is 27.3. The molecule has 9 heteroatoms. The molecule has 40 heavy (non-hydrogen) atoms. The molecule has 1 aromatic heterocycles. The van der Waals surface area contributed by atoms with Gasteiger partial charge in [-0.1, -0.05) is 65.1 Å². The Labute approximate surface area is 245 Å². The van der Waals surface area contributed by atoms with Gasteiger partial charge in [0.15, 0.2) is 0 Å². The van der Waals surface area contributed by atoms with E-state index in [0.29, 0.717) is 54.2 Å². The van der Waals surface area contributed by atoms with Gasteiger partial charge in [0.25, 0.3) is 11.8 Å². The van der Waals surface area contributed by atoms with Crippen molar-refractivity contribution in [3.63, 3.8) is 0 Å². The number of carbonyl (C=O) groups is 2. The zero-order valence-corrected chi connectivity index (χ0v) is 23.4. The number of hydrogen-bond donors (Lipinski definition) is 2. The van der Waals surface area contributed by atoms with Gasteiger partial charge in [-0.2, -0.15) is 5.10 Å². The Morgan fingerprint density at radius 2 is 1.43 bits per heavy atom. The highest BCUT2D eigenvalue weighted by molar-refractivity contribution is 6.32. The topological polar surface area (TPSA) is 83.4 Å². The van der Waals surface area contributed by atoms with Gasteiger partial charge in [0.05, 0.1) is 22.5 Å². The van der Waals surface area contributed by atoms with E-state index in [-0.39, 0.29) is 5.91 Å². The fraction of sp³-hybridized carbons (Fsp3) is 0.0323. The van der Waals surface area contributed by atoms with Crippen LogP contribution in [0.2, 0.25) is 15.1 Å². The summed E-state index contributed by atoms with van der Waals surface area (Å²) in [5.74, 6) is -0.676. The summed E-state index contributed by atoms with van der Waals surface area (Å²) < 4.78 is 0. The number of rotatable bonds is 6. The largest absolute Gasteiger partial charge is 0.322 e. The van der Waals surface area contributed by atoms with Gasteiger partial charge in [-0.3, -0.25) is 9.59 Å². The Kier molecular flexibility index (Phi) is 8.12. The van der Waals surface area contributed by atoms with Crippen molar-refractivity contribution >= 4 is 68.9 Å². The normalized spacial score (nSPS) is 11.3. The van der Waals surface area contributed by atoms with E-state index in [1.54, 1.807) is 91.9 Å². The van der Waals surface area contributed by atoms with Gasteiger partial charge >= 0.3 is 0 Å². The highest BCUT2D eigenvalue weighted by atomic mass is 35.5. The third-order valence-corrected chi connectivity index (χ3v) is 6.85. The minimum Gasteiger partial charge on any atom is -0.322 e. The molecule has 5 aromatic rings. The van der Waals surface area contributed by atoms with Gasteiger partial charge in [-0.15, -0.1) is 0 Å². The Morgan fingerprint density at radius 1 is 0.725 bits per heavy atom. The highest BCUT2D eigenvalue weighted by Gasteiger charge is 2.15. The molecular formula is C31H21Cl3N4O2. The summed E-state index contributed by atoms with van der Waals surface area (Å²) in [6.45, 7) is 1.78. The van der Waals surface area contributed by atoms with E-state index >= 15 is 0 Å². The SMILES string of the molecule is C/C(=N\NC(=O)c1cc(-c2ccc(Cl)cc2)nc2ccc(Cl)cc12)c1ccc(NC(=O)c2cccc(Cl)c2)cc1. The van der Waals surface area contributed by atoms with Crippen molar-refractivity contribution in [1.29, 1.82) is 0 Å². The number of amides is 2. The molecule has 0 saturated carbocycles. The van der Waals surface area contributed by atoms with Crippen LogP contribution in [0.3, 0.4) is 0 Å². The smallest absolute Gasteiger partial charge is 0.272 e. The molecule has 0 aliphatic rings. The first-order valence-electron chi connectivity index (χ1n) is 12.1. The summed E-state index contributed by atoms with van der Waals surface area (Å²) in [6, 6.07) is 28.0. The van der Waals surface area contributed by atoms with Crippen LogP contribution < -0.4 is 10.7 Å². The van der Waals surface area contributed by atoms with E-state index in [1.165, 1.54) is 0 Å². The number of aromatic nitrogens is 1. The second-order valence-corrected chi connectivity index (χ2v) is 10.2. The predicted molar refractivity (Wildman–Crippen MR) is 163 cm³/mol. The van der Waals surface area contributed by atoms with Crippen molar-refractivity contribution in [2.75, 3.05) is 5.32 Å². The molecule has 0 unspecified atom stereocenters. The zero-order valence-electron chi connectivity index (χ0n) is 21.1. The molecule has 0 saturated heterocycles. The van der Waals surface area contributed by atoms with Crippen LogP contribution in [0.1, 0.15) is 33.2 Å². The number of fused-ring (bicyclic) bond motifs is 1. The van der Waals surface area contributed by atoms with E-state index in [1.807, 2.05) is 12.1 Å². The molecule has 2 amide bonds. The van der Waals surface area contributed by atoms with Crippen molar-refractivity contribution in [2.24, 2.45) is 5.10 Å². The van der Waals surface area contributed by atoms with Crippen molar-refractivity contribution in [2.45, 2.75) is 6.92 Å². The summed E-state index contributed by atoms with van der Waals surface area (Å²) in [4.78, 5) is 30.5. The second-order valence-electron chi connectivity index (χ2n) is 8.90. The maximum absolute atomic E-state index is 13.3. The number of anilines is 1. The first-order valence-corrected chi connectivity index (χ1v) is 13.3. The molecule has 0 aliphatic heterocycles. The van der Waals surface area contributed by atoms with Gasteiger partial charge < -0.3 is 5.32 Å². The number of benzene rings is 4. The minimum atomic E-state index is -0.408. The van der Waals surface area contributed by atoms with Gasteiger partial charge in [-0.25, -0.2) is 10.4 Å². The number of hydrogen-bond acceptors (Lipinski definition) is 4. The van der Waals surface area contributed by atoms with E-state index < -0.39 is 5.91 Å². The second kappa shape index (κ2) is 11.9. The van der Waals surface area contributed by atoms with Crippen LogP contribution in [-0.2, 0) is 0 Å². The van der Waals surface area contributed by atoms with Crippen LogP contribution >= 0.6 is 34.8 Å². The Morgan fingerprint density at radius 3 is 2.15 bits per heavy atom. The van der Waals surface area contributed by atoms with Crippen molar-refractivity contribution in [1.82, 2.24) is 10.4 Å². The van der Waals surface area contributed by atoms with Crippen LogP contribution in [0.4, 0.5) is 5.69 Å². The molecule has 0 radical (unpaired) electrons. The maximum atomic E-state index is 13.3. The molecule has 4 aromatic carbocycles. The monoisotopic (exact) mass is 586 g/mol. The molecule has 0 aliphatic carbocycles. The fourth-order valence-electron chi connectivity index (χ4n) is 4.04. The molecule has 6 nitrogen and oxygen atoms in total. The van der Waals surface area contributed by atoms with Crippen LogP contribution in [0.15, 0.2) is 102 Å². The summed E-state index contributed by atoms with van der Waals surface area (Å²) in [5, 5.41) is 9.33. The number of nitrogens with one attached hydrogen (secondary N) is 2. The lowest BCUT2D eigenvalue weighted by Gasteiger charge is -2.10. The minimum absolute atomic E-state index is 0.268. The molecule has 1 heterocycles. The van der Waals surface area contributed by atoms with Gasteiger partial charge in [0, 0.05) is 37.3 Å². The molecule has 0 spiro atoms. The lowest BCUT2D eigenvalue weighted by molar-refractivity contribution is 0.0955. The van der Waals surface area contributed by atoms with Gasteiger partial charge in [0.1, 0.15) is 0 Å². The number of pyridine rings is 1. The Balaban J connectivity index is 1.35. The van der Waals surface area contributed by atoms with E-state index in [9.17, 15) is 9.59 Å². The maximum Gasteiger partial charge on any atom is 0.272 e. The fourth-order valence-corrected chi connectivity index (χ4v) is 4.53. The molecule has 0 atom stereocenters. The van der Waals surface area contributed by atoms with Crippen molar-refractivity contribution in [3.8, 4) is 11.3 Å². The van der Waals surface area contributed by atoms with E-state index in [0.717, 1.165) is 11.1 Å². The molecule has 198 valence electrons. The highest BCUT2D eigenvalue weighted by Crippen LogP contribution is 2.28. The summed E-state index contributed by atoms with van der Waals surface area (Å²) in [6.07, 6.45) is 0. The predicted octanol–water partition coefficient (Wildman–Crippen LogP) is 8.27. The first-order chi connectivity index (χ1) is 19.3. The van der Waals surface area contributed by atoms with Crippen LogP contribution in [0.5, 0.6) is 0 Å². The summed E-state index contributed by atoms with van der Waals surface area (Å²) >= 11 is 18.2. The number of nitrogens with zero attached hydrogens (tertiary/aromatic N) is 2. The van der Waals surface area contributed by atoms with E-state index in [4.69, 9.17) is 39.8 Å². The van der Waals surface area contributed by atoms with Crippen LogP contribution in [-0.4, -0.2) is 22.5 Å². The standard InChI is InChI=1S/C31H21Cl3N4O2/c1-18(19-7-12-25(13-8-19)35-30(39)21-3-2-4-23(33)15-21)37-38-31(40)27-17-29(20-5-9-22(32)10-6-20)36-28-14-11-24(34)16-26(27)28/h2-17H,1H3,(H,35,39)(H,38,40)/b37-18+. The number of hydrazone groups is 1. The molecular weight excluding hydrogens is 567 g/mol. The molecule has 0 fully saturated rings. The average Bonchev–Trinajstić information content (AvgIpc) is 2.96. The van der Waals surface area contributed by atoms with Crippen molar-refractivity contribution in [3.05, 3.63) is 129 Å². The third kappa shape index (κ3) is 6.32. The Hall–Kier alpha value is -4.23. The lowest BCUT2D eigenvalue weighted by Crippen LogP contribution is -2.20. The summed E-state index contributed by atoms with van der Waals surface area (Å²) in [7, 11) is 0. The van der Waals surface area contributed by atoms with Gasteiger partial charge in [0.2, 0.25) is 0 Å². The van der Waals surface area contributed by atoms with Gasteiger partial charge in [-0.05, 0) is 79.2 Å². The van der Waals surface area contributed by atoms with Crippen LogP contribution in [0, 0.1) is 0 Å². The molecule has 0 bridgehead atoms. The van der Waals surface area contributed by atoms with E-state index in [2.05, 4.69) is 15.8 Å². The molecule has 5 rings (SSSR count). The number of carbonyl (C=O) groups excluding carboxylic acids is 2. The molecule has 2 N–H and O–H groups in total. The third-order valence-electron chi connectivity index (χ3n) is 6.13. The lowest BCUT2D eigenvalue weighted by atomic mass is 10.0. The quantitative estimate of drug-likeness (QED) is 0.155.